The van der Waals surface area contributed by atoms with Crippen molar-refractivity contribution in [2.45, 2.75) is 26.2 Å². The summed E-state index contributed by atoms with van der Waals surface area (Å²) in [6, 6.07) is 3.89. The molecule has 0 aliphatic heterocycles. The monoisotopic (exact) mass is 305 g/mol. The third kappa shape index (κ3) is 1.63. The van der Waals surface area contributed by atoms with E-state index in [1.807, 2.05) is 19.1 Å². The van der Waals surface area contributed by atoms with E-state index in [0.29, 0.717) is 5.56 Å². The molecule has 18 heavy (non-hydrogen) atoms. The molecular formula is C14H12BrNO2. The average molecular weight is 306 g/mol. The zero-order valence-corrected chi connectivity index (χ0v) is 11.5. The first-order chi connectivity index (χ1) is 8.58. The highest BCUT2D eigenvalue weighted by atomic mass is 79.9. The van der Waals surface area contributed by atoms with Crippen LogP contribution in [0.3, 0.4) is 0 Å². The van der Waals surface area contributed by atoms with Gasteiger partial charge in [0.25, 0.3) is 0 Å². The minimum absolute atomic E-state index is 0.442. The quantitative estimate of drug-likeness (QED) is 0.877. The van der Waals surface area contributed by atoms with Crippen LogP contribution in [0.2, 0.25) is 0 Å². The molecule has 0 amide bonds. The lowest BCUT2D eigenvalue weighted by atomic mass is 10.00. The first-order valence-corrected chi connectivity index (χ1v) is 6.72. The number of hydrogen-bond donors (Lipinski definition) is 1. The molecule has 1 aromatic carbocycles. The molecule has 0 fully saturated rings. The zero-order chi connectivity index (χ0) is 12.9. The topological polar surface area (TPSA) is 50.2 Å². The second-order valence-corrected chi connectivity index (χ2v) is 5.57. The number of rotatable bonds is 1. The summed E-state index contributed by atoms with van der Waals surface area (Å²) in [6.45, 7) is 1.96. The van der Waals surface area contributed by atoms with Gasteiger partial charge in [-0.15, -0.1) is 0 Å². The molecule has 0 atom stereocenters. The van der Waals surface area contributed by atoms with Gasteiger partial charge in [-0.05, 0) is 65.4 Å². The molecule has 0 bridgehead atoms. The third-order valence-electron chi connectivity index (χ3n) is 3.43. The van der Waals surface area contributed by atoms with E-state index in [0.717, 1.165) is 51.5 Å². The maximum Gasteiger partial charge on any atom is 0.336 e. The van der Waals surface area contributed by atoms with Crippen molar-refractivity contribution in [3.05, 3.63) is 39.0 Å². The van der Waals surface area contributed by atoms with E-state index in [1.165, 1.54) is 0 Å². The highest BCUT2D eigenvalue weighted by molar-refractivity contribution is 9.10. The number of aromatic nitrogens is 1. The number of benzene rings is 1. The molecule has 0 saturated carbocycles. The maximum atomic E-state index is 11.6. The van der Waals surface area contributed by atoms with Crippen molar-refractivity contribution in [3.63, 3.8) is 0 Å². The van der Waals surface area contributed by atoms with Crippen LogP contribution in [0, 0.1) is 6.92 Å². The number of carboxylic acid groups (broad SMARTS) is 1. The van der Waals surface area contributed by atoms with Crippen molar-refractivity contribution in [3.8, 4) is 0 Å². The molecule has 3 rings (SSSR count). The van der Waals surface area contributed by atoms with Crippen LogP contribution in [0.5, 0.6) is 0 Å². The molecule has 2 aromatic rings. The second-order valence-electron chi connectivity index (χ2n) is 4.71. The Labute approximate surface area is 113 Å². The smallest absolute Gasteiger partial charge is 0.336 e. The maximum absolute atomic E-state index is 11.6. The second kappa shape index (κ2) is 4.05. The predicted octanol–water partition coefficient (Wildman–Crippen LogP) is 3.49. The van der Waals surface area contributed by atoms with Crippen molar-refractivity contribution < 1.29 is 9.90 Å². The Hall–Kier alpha value is -1.42. The van der Waals surface area contributed by atoms with Gasteiger partial charge >= 0.3 is 5.97 Å². The highest BCUT2D eigenvalue weighted by Gasteiger charge is 2.24. The third-order valence-corrected chi connectivity index (χ3v) is 4.03. The van der Waals surface area contributed by atoms with E-state index >= 15 is 0 Å². The van der Waals surface area contributed by atoms with E-state index in [4.69, 9.17) is 0 Å². The van der Waals surface area contributed by atoms with E-state index in [1.54, 1.807) is 0 Å². The molecule has 1 aromatic heterocycles. The molecule has 1 aliphatic rings. The Kier molecular flexibility index (Phi) is 2.63. The number of fused-ring (bicyclic) bond motifs is 2. The van der Waals surface area contributed by atoms with E-state index < -0.39 is 5.97 Å². The van der Waals surface area contributed by atoms with Gasteiger partial charge in [-0.3, -0.25) is 4.98 Å². The molecule has 0 spiro atoms. The molecule has 92 valence electrons. The molecule has 0 saturated heterocycles. The normalized spacial score (nSPS) is 13.9. The summed E-state index contributed by atoms with van der Waals surface area (Å²) in [5, 5.41) is 10.2. The Balaban J connectivity index is 2.50. The van der Waals surface area contributed by atoms with Crippen molar-refractivity contribution in [2.75, 3.05) is 0 Å². The number of aryl methyl sites for hydroxylation is 2. The van der Waals surface area contributed by atoms with Crippen LogP contribution in [0.15, 0.2) is 16.6 Å². The fourth-order valence-corrected chi connectivity index (χ4v) is 3.36. The van der Waals surface area contributed by atoms with Gasteiger partial charge in [-0.1, -0.05) is 0 Å². The molecule has 4 heteroatoms. The standard InChI is InChI=1S/C14H12BrNO2/c1-7-5-9-12(14(17)18)8-3-2-4-11(8)16-13(9)10(15)6-7/h5-6H,2-4H2,1H3,(H,17,18). The zero-order valence-electron chi connectivity index (χ0n) is 9.96. The summed E-state index contributed by atoms with van der Waals surface area (Å²) >= 11 is 3.48. The van der Waals surface area contributed by atoms with Crippen LogP contribution in [0.25, 0.3) is 10.9 Å². The molecular weight excluding hydrogens is 294 g/mol. The molecule has 3 nitrogen and oxygen atoms in total. The Bertz CT molecular complexity index is 679. The minimum atomic E-state index is -0.849. The lowest BCUT2D eigenvalue weighted by Gasteiger charge is -2.10. The van der Waals surface area contributed by atoms with Gasteiger partial charge in [-0.25, -0.2) is 4.79 Å². The van der Waals surface area contributed by atoms with E-state index in [9.17, 15) is 9.90 Å². The van der Waals surface area contributed by atoms with Crippen LogP contribution in [0.1, 0.15) is 33.6 Å². The summed E-state index contributed by atoms with van der Waals surface area (Å²) in [7, 11) is 0. The van der Waals surface area contributed by atoms with E-state index in [2.05, 4.69) is 20.9 Å². The van der Waals surface area contributed by atoms with Gasteiger partial charge in [0.1, 0.15) is 0 Å². The highest BCUT2D eigenvalue weighted by Crippen LogP contribution is 2.33. The van der Waals surface area contributed by atoms with Crippen molar-refractivity contribution in [1.82, 2.24) is 4.98 Å². The first kappa shape index (κ1) is 11.7. The summed E-state index contributed by atoms with van der Waals surface area (Å²) in [6.07, 6.45) is 2.70. The fraction of sp³-hybridized carbons (Fsp3) is 0.286. The van der Waals surface area contributed by atoms with Gasteiger partial charge in [0.2, 0.25) is 0 Å². The summed E-state index contributed by atoms with van der Waals surface area (Å²) in [4.78, 5) is 16.2. The first-order valence-electron chi connectivity index (χ1n) is 5.93. The number of aromatic carboxylic acids is 1. The number of pyridine rings is 1. The van der Waals surface area contributed by atoms with Crippen LogP contribution in [0.4, 0.5) is 0 Å². The lowest BCUT2D eigenvalue weighted by Crippen LogP contribution is -2.06. The minimum Gasteiger partial charge on any atom is -0.478 e. The Morgan fingerprint density at radius 3 is 2.89 bits per heavy atom. The predicted molar refractivity (Wildman–Crippen MR) is 73.2 cm³/mol. The van der Waals surface area contributed by atoms with Crippen molar-refractivity contribution in [1.29, 1.82) is 0 Å². The average Bonchev–Trinajstić information content (AvgIpc) is 2.73. The molecule has 1 aliphatic carbocycles. The number of halogens is 1. The van der Waals surface area contributed by atoms with Gasteiger partial charge in [-0.2, -0.15) is 0 Å². The SMILES string of the molecule is Cc1cc(Br)c2nc3c(c(C(=O)O)c2c1)CCC3. The van der Waals surface area contributed by atoms with Crippen molar-refractivity contribution in [2.24, 2.45) is 0 Å². The van der Waals surface area contributed by atoms with Gasteiger partial charge < -0.3 is 5.11 Å². The van der Waals surface area contributed by atoms with Crippen LogP contribution in [-0.4, -0.2) is 16.1 Å². The molecule has 0 unspecified atom stereocenters. The summed E-state index contributed by atoms with van der Waals surface area (Å²) in [5.74, 6) is -0.849. The van der Waals surface area contributed by atoms with Gasteiger partial charge in [0, 0.05) is 15.6 Å². The lowest BCUT2D eigenvalue weighted by molar-refractivity contribution is 0.0698. The van der Waals surface area contributed by atoms with Crippen LogP contribution in [-0.2, 0) is 12.8 Å². The Morgan fingerprint density at radius 1 is 1.39 bits per heavy atom. The van der Waals surface area contributed by atoms with E-state index in [-0.39, 0.29) is 0 Å². The van der Waals surface area contributed by atoms with Crippen molar-refractivity contribution >= 4 is 32.8 Å². The fourth-order valence-electron chi connectivity index (χ4n) is 2.70. The number of carbonyl (C=O) groups is 1. The van der Waals surface area contributed by atoms with Crippen LogP contribution < -0.4 is 0 Å². The van der Waals surface area contributed by atoms with Crippen LogP contribution >= 0.6 is 15.9 Å². The number of hydrogen-bond acceptors (Lipinski definition) is 2. The largest absolute Gasteiger partial charge is 0.478 e. The van der Waals surface area contributed by atoms with Gasteiger partial charge in [0.05, 0.1) is 11.1 Å². The number of nitrogens with zero attached hydrogens (tertiary/aromatic N) is 1. The molecule has 1 heterocycles. The van der Waals surface area contributed by atoms with Gasteiger partial charge in [0.15, 0.2) is 0 Å². The Morgan fingerprint density at radius 2 is 2.17 bits per heavy atom. The summed E-state index contributed by atoms with van der Waals surface area (Å²) in [5.41, 5.74) is 4.11. The summed E-state index contributed by atoms with van der Waals surface area (Å²) < 4.78 is 0.870. The number of carboxylic acids is 1. The molecule has 0 radical (unpaired) electrons. The molecule has 1 N–H and O–H groups in total.